The number of likely N-dealkylation sites (tertiary alicyclic amines) is 1. The Balaban J connectivity index is 1.58. The maximum absolute atomic E-state index is 13.7. The molecule has 0 bridgehead atoms. The van der Waals surface area contributed by atoms with Gasteiger partial charge in [0.25, 0.3) is 0 Å². The number of benzene rings is 1. The van der Waals surface area contributed by atoms with Crippen LogP contribution in [0.3, 0.4) is 0 Å². The lowest BCUT2D eigenvalue weighted by Gasteiger charge is -2.19. The summed E-state index contributed by atoms with van der Waals surface area (Å²) < 4.78 is 13.7. The summed E-state index contributed by atoms with van der Waals surface area (Å²) in [6.07, 6.45) is 3.36. The van der Waals surface area contributed by atoms with Crippen LogP contribution in [0.2, 0.25) is 5.02 Å². The number of carbonyl (C=O) groups excluding carboxylic acids is 3. The number of hydrogen-bond acceptors (Lipinski definition) is 3. The van der Waals surface area contributed by atoms with Gasteiger partial charge in [-0.25, -0.2) is 4.39 Å². The minimum Gasteiger partial charge on any atom is -0.324 e. The van der Waals surface area contributed by atoms with Crippen LogP contribution in [0.1, 0.15) is 32.1 Å². The van der Waals surface area contributed by atoms with Crippen molar-refractivity contribution in [2.75, 3.05) is 11.9 Å². The normalized spacial score (nSPS) is 23.3. The number of carbonyl (C=O) groups is 3. The zero-order valence-corrected chi connectivity index (χ0v) is 13.8. The summed E-state index contributed by atoms with van der Waals surface area (Å²) in [7, 11) is 0. The van der Waals surface area contributed by atoms with E-state index in [2.05, 4.69) is 5.32 Å². The van der Waals surface area contributed by atoms with E-state index in [1.165, 1.54) is 17.0 Å². The Morgan fingerprint density at radius 2 is 1.83 bits per heavy atom. The van der Waals surface area contributed by atoms with Gasteiger partial charge in [-0.3, -0.25) is 19.3 Å². The predicted molar refractivity (Wildman–Crippen MR) is 86.8 cm³/mol. The van der Waals surface area contributed by atoms with Gasteiger partial charge in [-0.05, 0) is 31.0 Å². The number of nitrogens with one attached hydrogen (secondary N) is 1. The number of halogens is 2. The van der Waals surface area contributed by atoms with E-state index in [0.717, 1.165) is 31.7 Å². The Morgan fingerprint density at radius 1 is 1.21 bits per heavy atom. The molecule has 1 aliphatic heterocycles. The highest BCUT2D eigenvalue weighted by Crippen LogP contribution is 2.38. The Kier molecular flexibility index (Phi) is 4.85. The van der Waals surface area contributed by atoms with Crippen molar-refractivity contribution in [3.05, 3.63) is 29.0 Å². The summed E-state index contributed by atoms with van der Waals surface area (Å²) in [5.74, 6) is -1.86. The summed E-state index contributed by atoms with van der Waals surface area (Å²) in [6.45, 7) is 0.0334. The summed E-state index contributed by atoms with van der Waals surface area (Å²) in [4.78, 5) is 37.8. The number of rotatable bonds is 4. The molecule has 0 aromatic heterocycles. The molecule has 7 heteroatoms. The average molecular weight is 353 g/mol. The topological polar surface area (TPSA) is 66.5 Å². The van der Waals surface area contributed by atoms with Crippen LogP contribution in [0.25, 0.3) is 0 Å². The van der Waals surface area contributed by atoms with Crippen molar-refractivity contribution >= 4 is 35.0 Å². The van der Waals surface area contributed by atoms with Gasteiger partial charge in [-0.2, -0.15) is 0 Å². The highest BCUT2D eigenvalue weighted by atomic mass is 35.5. The third-order valence-electron chi connectivity index (χ3n) is 4.70. The predicted octanol–water partition coefficient (Wildman–Crippen LogP) is 2.98. The van der Waals surface area contributed by atoms with Crippen LogP contribution in [0, 0.1) is 17.7 Å². The van der Waals surface area contributed by atoms with Crippen molar-refractivity contribution in [3.63, 3.8) is 0 Å². The third-order valence-corrected chi connectivity index (χ3v) is 4.94. The highest BCUT2D eigenvalue weighted by molar-refractivity contribution is 6.30. The van der Waals surface area contributed by atoms with Crippen molar-refractivity contribution in [3.8, 4) is 0 Å². The van der Waals surface area contributed by atoms with Crippen LogP contribution in [-0.2, 0) is 14.4 Å². The lowest BCUT2D eigenvalue weighted by atomic mass is 9.81. The molecule has 2 fully saturated rings. The van der Waals surface area contributed by atoms with Gasteiger partial charge >= 0.3 is 0 Å². The molecule has 128 valence electrons. The van der Waals surface area contributed by atoms with Crippen LogP contribution >= 0.6 is 11.6 Å². The third kappa shape index (κ3) is 3.29. The molecule has 1 saturated heterocycles. The molecular formula is C17H18ClFN2O3. The minimum atomic E-state index is -0.629. The van der Waals surface area contributed by atoms with Crippen molar-refractivity contribution in [1.29, 1.82) is 0 Å². The van der Waals surface area contributed by atoms with Crippen molar-refractivity contribution in [2.24, 2.45) is 11.8 Å². The van der Waals surface area contributed by atoms with Crippen LogP contribution in [0.15, 0.2) is 18.2 Å². The molecule has 1 heterocycles. The molecule has 1 aromatic rings. The van der Waals surface area contributed by atoms with E-state index in [9.17, 15) is 18.8 Å². The van der Waals surface area contributed by atoms with Crippen molar-refractivity contribution in [1.82, 2.24) is 4.90 Å². The number of amides is 3. The summed E-state index contributed by atoms with van der Waals surface area (Å²) in [5.41, 5.74) is 0.0251. The van der Waals surface area contributed by atoms with Gasteiger partial charge in [0.15, 0.2) is 0 Å². The second kappa shape index (κ2) is 6.89. The Labute approximate surface area is 144 Å². The quantitative estimate of drug-likeness (QED) is 0.847. The second-order valence-electron chi connectivity index (χ2n) is 6.25. The van der Waals surface area contributed by atoms with Gasteiger partial charge < -0.3 is 5.32 Å². The molecule has 3 amide bonds. The van der Waals surface area contributed by atoms with E-state index in [0.29, 0.717) is 0 Å². The molecule has 1 aromatic carbocycles. The molecular weight excluding hydrogens is 335 g/mol. The maximum atomic E-state index is 13.7. The fourth-order valence-corrected chi connectivity index (χ4v) is 3.63. The Morgan fingerprint density at radius 3 is 2.42 bits per heavy atom. The first-order valence-corrected chi connectivity index (χ1v) is 8.45. The van der Waals surface area contributed by atoms with Gasteiger partial charge in [0.2, 0.25) is 17.7 Å². The Hall–Kier alpha value is -1.95. The molecule has 1 aliphatic carbocycles. The molecule has 2 atom stereocenters. The summed E-state index contributed by atoms with van der Waals surface area (Å²) >= 11 is 5.66. The Bertz CT molecular complexity index is 670. The van der Waals surface area contributed by atoms with Crippen LogP contribution in [-0.4, -0.2) is 29.2 Å². The van der Waals surface area contributed by atoms with E-state index in [-0.39, 0.29) is 47.3 Å². The zero-order chi connectivity index (χ0) is 17.3. The number of fused-ring (bicyclic) bond motifs is 1. The molecule has 1 N–H and O–H groups in total. The van der Waals surface area contributed by atoms with Gasteiger partial charge in [0, 0.05) is 18.0 Å². The van der Waals surface area contributed by atoms with Gasteiger partial charge in [0.1, 0.15) is 5.82 Å². The number of hydrogen-bond donors (Lipinski definition) is 1. The van der Waals surface area contributed by atoms with E-state index in [4.69, 9.17) is 11.6 Å². The molecule has 1 saturated carbocycles. The molecule has 0 radical (unpaired) electrons. The van der Waals surface area contributed by atoms with E-state index in [1.807, 2.05) is 0 Å². The van der Waals surface area contributed by atoms with Crippen LogP contribution < -0.4 is 5.32 Å². The van der Waals surface area contributed by atoms with Crippen molar-refractivity contribution < 1.29 is 18.8 Å². The summed E-state index contributed by atoms with van der Waals surface area (Å²) in [6, 6.07) is 3.95. The van der Waals surface area contributed by atoms with Gasteiger partial charge in [-0.15, -0.1) is 0 Å². The fourth-order valence-electron chi connectivity index (χ4n) is 3.47. The molecule has 0 unspecified atom stereocenters. The van der Waals surface area contributed by atoms with E-state index < -0.39 is 11.7 Å². The smallest absolute Gasteiger partial charge is 0.233 e. The molecule has 5 nitrogen and oxygen atoms in total. The second-order valence-corrected chi connectivity index (χ2v) is 6.68. The largest absolute Gasteiger partial charge is 0.324 e. The lowest BCUT2D eigenvalue weighted by molar-refractivity contribution is -0.140. The molecule has 24 heavy (non-hydrogen) atoms. The van der Waals surface area contributed by atoms with Gasteiger partial charge in [-0.1, -0.05) is 24.4 Å². The van der Waals surface area contributed by atoms with E-state index >= 15 is 0 Å². The summed E-state index contributed by atoms with van der Waals surface area (Å²) in [5, 5.41) is 2.67. The van der Waals surface area contributed by atoms with Crippen LogP contribution in [0.5, 0.6) is 0 Å². The number of imide groups is 1. The zero-order valence-electron chi connectivity index (χ0n) is 13.1. The molecule has 3 rings (SSSR count). The first kappa shape index (κ1) is 16.9. The molecule has 0 spiro atoms. The molecule has 2 aliphatic rings. The first-order chi connectivity index (χ1) is 11.5. The average Bonchev–Trinajstić information content (AvgIpc) is 2.80. The fraction of sp³-hybridized carbons (Fsp3) is 0.471. The number of nitrogens with zero attached hydrogens (tertiary/aromatic N) is 1. The SMILES string of the molecule is O=C(CCN1C(=O)[C@@H]2CCCC[C@H]2C1=O)Nc1ccc(Cl)cc1F. The standard InChI is InChI=1S/C17H18ClFN2O3/c18-10-5-6-14(13(19)9-10)20-15(22)7-8-21-16(23)11-3-1-2-4-12(11)17(21)24/h5-6,9,11-12H,1-4,7-8H2,(H,20,22)/t11-,12-/m1/s1. The van der Waals surface area contributed by atoms with E-state index in [1.54, 1.807) is 0 Å². The van der Waals surface area contributed by atoms with Crippen molar-refractivity contribution in [2.45, 2.75) is 32.1 Å². The van der Waals surface area contributed by atoms with Gasteiger partial charge in [0.05, 0.1) is 17.5 Å². The lowest BCUT2D eigenvalue weighted by Crippen LogP contribution is -2.34. The first-order valence-electron chi connectivity index (χ1n) is 8.07. The monoisotopic (exact) mass is 352 g/mol. The maximum Gasteiger partial charge on any atom is 0.233 e. The minimum absolute atomic E-state index is 0.0251. The highest BCUT2D eigenvalue weighted by Gasteiger charge is 2.47. The van der Waals surface area contributed by atoms with Crippen LogP contribution in [0.4, 0.5) is 10.1 Å². The number of anilines is 1.